The molecule has 1 saturated heterocycles. The van der Waals surface area contributed by atoms with E-state index in [0.29, 0.717) is 12.8 Å². The van der Waals surface area contributed by atoms with E-state index in [4.69, 9.17) is 14.2 Å². The number of hydrogen-bond acceptors (Lipinski definition) is 10. The van der Waals surface area contributed by atoms with E-state index in [1.807, 2.05) is 30.4 Å². The molecule has 0 bridgehead atoms. The first-order chi connectivity index (χ1) is 35.7. The van der Waals surface area contributed by atoms with Crippen molar-refractivity contribution < 1.29 is 49.3 Å². The summed E-state index contributed by atoms with van der Waals surface area (Å²) in [7, 11) is 0. The first-order valence-electron chi connectivity index (χ1n) is 29.0. The molecule has 0 aliphatic carbocycles. The molecule has 6 N–H and O–H groups in total. The van der Waals surface area contributed by atoms with E-state index in [1.54, 1.807) is 6.08 Å². The Morgan fingerprint density at radius 1 is 0.562 bits per heavy atom. The second-order valence-corrected chi connectivity index (χ2v) is 19.7. The molecule has 0 saturated carbocycles. The summed E-state index contributed by atoms with van der Waals surface area (Å²) in [5.74, 6) is -1.24. The van der Waals surface area contributed by atoms with Gasteiger partial charge in [0.05, 0.1) is 25.4 Å². The molecule has 8 atom stereocenters. The highest BCUT2D eigenvalue weighted by Gasteiger charge is 2.47. The molecular formula is C62H105NO10. The second kappa shape index (κ2) is 49.5. The minimum Gasteiger partial charge on any atom is -0.454 e. The maximum absolute atomic E-state index is 13.3. The Labute approximate surface area is 444 Å². The number of nitrogens with one attached hydrogen (secondary N) is 1. The Hall–Kier alpha value is -3.42. The van der Waals surface area contributed by atoms with Gasteiger partial charge in [-0.3, -0.25) is 9.59 Å². The molecule has 1 rings (SSSR count). The Morgan fingerprint density at radius 2 is 1.04 bits per heavy atom. The van der Waals surface area contributed by atoms with Crippen LogP contribution in [0.25, 0.3) is 0 Å². The summed E-state index contributed by atoms with van der Waals surface area (Å²) in [5, 5.41) is 56.7. The summed E-state index contributed by atoms with van der Waals surface area (Å²) in [6.45, 7) is 5.57. The van der Waals surface area contributed by atoms with Crippen LogP contribution in [0.15, 0.2) is 97.2 Å². The van der Waals surface area contributed by atoms with Crippen molar-refractivity contribution in [3.8, 4) is 0 Å². The van der Waals surface area contributed by atoms with Gasteiger partial charge in [0.2, 0.25) is 5.91 Å². The van der Waals surface area contributed by atoms with Gasteiger partial charge in [-0.05, 0) is 89.9 Å². The van der Waals surface area contributed by atoms with Crippen molar-refractivity contribution in [2.75, 3.05) is 13.2 Å². The maximum Gasteiger partial charge on any atom is 0.306 e. The Kier molecular flexibility index (Phi) is 45.8. The van der Waals surface area contributed by atoms with Gasteiger partial charge in [-0.2, -0.15) is 0 Å². The summed E-state index contributed by atoms with van der Waals surface area (Å²) in [6, 6.07) is -1.04. The van der Waals surface area contributed by atoms with E-state index in [1.165, 1.54) is 64.2 Å². The number of aliphatic hydroxyl groups excluding tert-OH is 5. The molecule has 0 aromatic heterocycles. The van der Waals surface area contributed by atoms with E-state index in [9.17, 15) is 35.1 Å². The molecule has 0 aromatic rings. The van der Waals surface area contributed by atoms with E-state index in [0.717, 1.165) is 109 Å². The number of hydrogen-bond donors (Lipinski definition) is 6. The molecule has 1 amide bonds. The van der Waals surface area contributed by atoms with Gasteiger partial charge < -0.3 is 45.1 Å². The zero-order valence-corrected chi connectivity index (χ0v) is 46.0. The third kappa shape index (κ3) is 37.9. The zero-order valence-electron chi connectivity index (χ0n) is 46.0. The summed E-state index contributed by atoms with van der Waals surface area (Å²) in [5.41, 5.74) is 0. The lowest BCUT2D eigenvalue weighted by Gasteiger charge is -2.41. The smallest absolute Gasteiger partial charge is 0.306 e. The average molecular weight is 1020 g/mol. The number of carbonyl (C=O) groups excluding carboxylic acids is 2. The summed E-state index contributed by atoms with van der Waals surface area (Å²) in [4.78, 5) is 26.4. The van der Waals surface area contributed by atoms with Crippen molar-refractivity contribution in [2.24, 2.45) is 0 Å². The topological polar surface area (TPSA) is 175 Å². The second-order valence-electron chi connectivity index (χ2n) is 19.7. The number of allylic oxidation sites excluding steroid dienone is 15. The number of amides is 1. The molecule has 1 heterocycles. The van der Waals surface area contributed by atoms with Crippen molar-refractivity contribution in [3.63, 3.8) is 0 Å². The first-order valence-corrected chi connectivity index (χ1v) is 29.0. The van der Waals surface area contributed by atoms with Gasteiger partial charge in [0.25, 0.3) is 0 Å². The number of unbranched alkanes of at least 4 members (excludes halogenated alkanes) is 21. The molecule has 1 aliphatic rings. The first kappa shape index (κ1) is 67.6. The van der Waals surface area contributed by atoms with Crippen LogP contribution in [-0.4, -0.2) is 99.6 Å². The van der Waals surface area contributed by atoms with E-state index in [-0.39, 0.29) is 19.4 Å². The van der Waals surface area contributed by atoms with Crippen molar-refractivity contribution in [1.29, 1.82) is 0 Å². The Morgan fingerprint density at radius 3 is 1.62 bits per heavy atom. The van der Waals surface area contributed by atoms with Gasteiger partial charge in [-0.25, -0.2) is 0 Å². The number of ether oxygens (including phenoxy) is 3. The van der Waals surface area contributed by atoms with E-state index in [2.05, 4.69) is 86.8 Å². The van der Waals surface area contributed by atoms with Crippen LogP contribution in [0.5, 0.6) is 0 Å². The predicted octanol–water partition coefficient (Wildman–Crippen LogP) is 13.2. The standard InChI is InChI=1S/C62H105NO10/c1-4-7-10-13-16-19-22-24-25-26-27-28-29-30-31-32-35-38-41-44-47-50-57(67)73-60-59(69)58(68)56(51-64)72-62(60)71-52-53(54(65)48-45-42-39-36-33-21-18-15-12-9-6-3)63-61(70)55(66)49-46-43-40-37-34-23-20-17-14-11-8-5-2/h8,11,14,16-17,19-20,23-25,27-28,30-31,45,48,53-56,58-60,62,64-66,68-69H,4-7,9-10,12-13,15,18,21-22,26,29,32-44,46-47,49-52H2,1-3H3,(H,63,70)/b11-8+,17-14+,19-16-,23-20-,25-24-,28-27-,31-30-,48-45+. The molecule has 0 radical (unpaired) electrons. The van der Waals surface area contributed by atoms with Crippen LogP contribution in [0.1, 0.15) is 220 Å². The molecule has 418 valence electrons. The van der Waals surface area contributed by atoms with Crippen molar-refractivity contribution in [3.05, 3.63) is 97.2 Å². The van der Waals surface area contributed by atoms with E-state index < -0.39 is 67.4 Å². The maximum atomic E-state index is 13.3. The van der Waals surface area contributed by atoms with Crippen LogP contribution >= 0.6 is 0 Å². The van der Waals surface area contributed by atoms with Gasteiger partial charge >= 0.3 is 5.97 Å². The highest BCUT2D eigenvalue weighted by Crippen LogP contribution is 2.26. The third-order valence-electron chi connectivity index (χ3n) is 13.0. The van der Waals surface area contributed by atoms with Crippen LogP contribution in [0.2, 0.25) is 0 Å². The highest BCUT2D eigenvalue weighted by molar-refractivity contribution is 5.80. The summed E-state index contributed by atoms with van der Waals surface area (Å²) < 4.78 is 17.5. The molecule has 1 fully saturated rings. The lowest BCUT2D eigenvalue weighted by Crippen LogP contribution is -2.61. The fraction of sp³-hybridized carbons (Fsp3) is 0.710. The van der Waals surface area contributed by atoms with Gasteiger partial charge in [-0.15, -0.1) is 0 Å². The fourth-order valence-electron chi connectivity index (χ4n) is 8.40. The monoisotopic (exact) mass is 1020 g/mol. The number of esters is 1. The number of rotatable bonds is 47. The highest BCUT2D eigenvalue weighted by atomic mass is 16.7. The largest absolute Gasteiger partial charge is 0.454 e. The predicted molar refractivity (Wildman–Crippen MR) is 301 cm³/mol. The van der Waals surface area contributed by atoms with Crippen LogP contribution in [0.3, 0.4) is 0 Å². The van der Waals surface area contributed by atoms with E-state index >= 15 is 0 Å². The van der Waals surface area contributed by atoms with Crippen LogP contribution < -0.4 is 5.32 Å². The normalized spacial score (nSPS) is 20.1. The van der Waals surface area contributed by atoms with Gasteiger partial charge in [0, 0.05) is 6.42 Å². The molecule has 73 heavy (non-hydrogen) atoms. The third-order valence-corrected chi connectivity index (χ3v) is 13.0. The number of carbonyl (C=O) groups is 2. The molecule has 8 unspecified atom stereocenters. The van der Waals surface area contributed by atoms with Crippen LogP contribution in [-0.2, 0) is 23.8 Å². The van der Waals surface area contributed by atoms with Crippen LogP contribution in [0.4, 0.5) is 0 Å². The minimum atomic E-state index is -1.63. The van der Waals surface area contributed by atoms with Gasteiger partial charge in [0.15, 0.2) is 12.4 Å². The molecule has 0 spiro atoms. The Balaban J connectivity index is 2.70. The van der Waals surface area contributed by atoms with Gasteiger partial charge in [0.1, 0.15) is 24.4 Å². The zero-order chi connectivity index (χ0) is 53.3. The number of aliphatic hydroxyl groups is 5. The molecule has 11 nitrogen and oxygen atoms in total. The van der Waals surface area contributed by atoms with Crippen LogP contribution in [0, 0.1) is 0 Å². The molecule has 11 heteroatoms. The van der Waals surface area contributed by atoms with Crippen molar-refractivity contribution >= 4 is 11.9 Å². The molecule has 0 aromatic carbocycles. The quantitative estimate of drug-likeness (QED) is 0.0149. The van der Waals surface area contributed by atoms with Crippen molar-refractivity contribution in [2.45, 2.75) is 269 Å². The average Bonchev–Trinajstić information content (AvgIpc) is 3.39. The lowest BCUT2D eigenvalue weighted by atomic mass is 9.99. The summed E-state index contributed by atoms with van der Waals surface area (Å²) in [6.07, 6.45) is 54.5. The summed E-state index contributed by atoms with van der Waals surface area (Å²) >= 11 is 0. The van der Waals surface area contributed by atoms with Gasteiger partial charge in [-0.1, -0.05) is 221 Å². The fourth-order valence-corrected chi connectivity index (χ4v) is 8.40. The minimum absolute atomic E-state index is 0.0948. The SMILES string of the molecule is CC/C=C/C=C/C=C\CCCCCCC(O)C(=O)NC(COC1OC(CO)C(O)C(O)C1OC(=O)CCCCCCC/C=C\C/C=C\C/C=C\C/C=C\CCCCC)C(O)/C=C/CCCCCCCCCCC. The molecule has 1 aliphatic heterocycles. The van der Waals surface area contributed by atoms with Crippen molar-refractivity contribution in [1.82, 2.24) is 5.32 Å². The Bertz CT molecular complexity index is 1550. The molecular weight excluding hydrogens is 919 g/mol. The lowest BCUT2D eigenvalue weighted by molar-refractivity contribution is -0.305.